The van der Waals surface area contributed by atoms with E-state index in [-0.39, 0.29) is 4.90 Å². The molecule has 0 bridgehead atoms. The van der Waals surface area contributed by atoms with Gasteiger partial charge in [0.05, 0.1) is 11.4 Å². The maximum Gasteiger partial charge on any atom is 0.316 e. The molecule has 3 amide bonds. The smallest absolute Gasteiger partial charge is 0.316 e. The molecule has 10 heteroatoms. The number of likely N-dealkylation sites (N-methyl/N-ethyl adjacent to an activating group) is 1. The number of hydrogen-bond donors (Lipinski definition) is 3. The van der Waals surface area contributed by atoms with Crippen LogP contribution in [0.3, 0.4) is 0 Å². The Bertz CT molecular complexity index is 899. The first kappa shape index (κ1) is 19.3. The number of nitrogens with two attached hydrogens (primary N) is 1. The van der Waals surface area contributed by atoms with Gasteiger partial charge in [0.25, 0.3) is 0 Å². The zero-order valence-corrected chi connectivity index (χ0v) is 14.6. The van der Waals surface area contributed by atoms with E-state index < -0.39 is 34.3 Å². The lowest BCUT2D eigenvalue weighted by atomic mass is 10.3. The van der Waals surface area contributed by atoms with Crippen molar-refractivity contribution in [2.45, 2.75) is 4.90 Å². The quantitative estimate of drug-likeness (QED) is 0.704. The minimum atomic E-state index is -3.92. The van der Waals surface area contributed by atoms with Gasteiger partial charge in [-0.1, -0.05) is 0 Å². The van der Waals surface area contributed by atoms with Gasteiger partial charge in [-0.2, -0.15) is 4.31 Å². The summed E-state index contributed by atoms with van der Waals surface area (Å²) < 4.78 is 38.5. The average Bonchev–Trinajstić information content (AvgIpc) is 2.56. The summed E-state index contributed by atoms with van der Waals surface area (Å²) in [5, 5.41) is 4.91. The lowest BCUT2D eigenvalue weighted by molar-refractivity contribution is -0.116. The molecule has 0 aliphatic heterocycles. The van der Waals surface area contributed by atoms with Crippen LogP contribution in [0.1, 0.15) is 0 Å². The number of benzene rings is 2. The molecular weight excluding hydrogens is 363 g/mol. The number of sulfonamides is 1. The first-order chi connectivity index (χ1) is 12.2. The van der Waals surface area contributed by atoms with Crippen molar-refractivity contribution in [3.63, 3.8) is 0 Å². The second-order valence-electron chi connectivity index (χ2n) is 5.33. The summed E-state index contributed by atoms with van der Waals surface area (Å²) in [6, 6.07) is 9.71. The molecule has 0 atom stereocenters. The van der Waals surface area contributed by atoms with Crippen LogP contribution in [0.2, 0.25) is 0 Å². The van der Waals surface area contributed by atoms with Crippen molar-refractivity contribution < 1.29 is 22.4 Å². The third kappa shape index (κ3) is 5.01. The van der Waals surface area contributed by atoms with Gasteiger partial charge in [-0.25, -0.2) is 17.6 Å². The summed E-state index contributed by atoms with van der Waals surface area (Å²) in [7, 11) is -2.67. The number of halogens is 1. The van der Waals surface area contributed by atoms with Crippen LogP contribution >= 0.6 is 0 Å². The van der Waals surface area contributed by atoms with Gasteiger partial charge in [-0.3, -0.25) is 4.79 Å². The molecule has 0 radical (unpaired) electrons. The monoisotopic (exact) mass is 380 g/mol. The van der Waals surface area contributed by atoms with Gasteiger partial charge in [0.1, 0.15) is 5.82 Å². The number of amides is 3. The minimum Gasteiger partial charge on any atom is -0.351 e. The van der Waals surface area contributed by atoms with E-state index in [1.807, 2.05) is 0 Å². The Morgan fingerprint density at radius 3 is 2.00 bits per heavy atom. The van der Waals surface area contributed by atoms with Crippen molar-refractivity contribution in [3.05, 3.63) is 54.3 Å². The van der Waals surface area contributed by atoms with E-state index in [1.54, 1.807) is 0 Å². The van der Waals surface area contributed by atoms with E-state index in [1.165, 1.54) is 31.3 Å². The molecule has 0 heterocycles. The van der Waals surface area contributed by atoms with E-state index >= 15 is 0 Å². The Morgan fingerprint density at radius 2 is 1.50 bits per heavy atom. The fourth-order valence-electron chi connectivity index (χ4n) is 2.05. The molecule has 0 spiro atoms. The standard InChI is InChI=1S/C16H17FN4O4S/c1-21(26(24,25)14-8-2-11(17)3-9-14)10-15(22)19-12-4-6-13(7-5-12)20-16(18)23/h2-9H,10H2,1H3,(H,19,22)(H3,18,20,23). The largest absolute Gasteiger partial charge is 0.351 e. The highest BCUT2D eigenvalue weighted by atomic mass is 32.2. The molecule has 2 aromatic rings. The average molecular weight is 380 g/mol. The highest BCUT2D eigenvalue weighted by molar-refractivity contribution is 7.89. The normalized spacial score (nSPS) is 11.2. The van der Waals surface area contributed by atoms with Crippen molar-refractivity contribution in [2.75, 3.05) is 24.2 Å². The van der Waals surface area contributed by atoms with E-state index in [4.69, 9.17) is 5.73 Å². The lowest BCUT2D eigenvalue weighted by Crippen LogP contribution is -2.34. The summed E-state index contributed by atoms with van der Waals surface area (Å²) >= 11 is 0. The summed E-state index contributed by atoms with van der Waals surface area (Å²) in [6.07, 6.45) is 0. The molecule has 0 unspecified atom stereocenters. The first-order valence-corrected chi connectivity index (χ1v) is 8.81. The Morgan fingerprint density at radius 1 is 1.00 bits per heavy atom. The summed E-state index contributed by atoms with van der Waals surface area (Å²) in [5.41, 5.74) is 5.86. The maximum atomic E-state index is 12.9. The van der Waals surface area contributed by atoms with E-state index in [0.717, 1.165) is 28.6 Å². The molecule has 2 aromatic carbocycles. The number of nitrogens with zero attached hydrogens (tertiary/aromatic N) is 1. The number of anilines is 2. The number of nitrogens with one attached hydrogen (secondary N) is 2. The maximum absolute atomic E-state index is 12.9. The molecule has 2 rings (SSSR count). The third-order valence-corrected chi connectivity index (χ3v) is 5.14. The molecule has 26 heavy (non-hydrogen) atoms. The van der Waals surface area contributed by atoms with Crippen molar-refractivity contribution >= 4 is 33.3 Å². The summed E-state index contributed by atoms with van der Waals surface area (Å²) in [4.78, 5) is 22.7. The number of carbonyl (C=O) groups is 2. The van der Waals surface area contributed by atoms with Crippen LogP contribution in [0, 0.1) is 5.82 Å². The van der Waals surface area contributed by atoms with Gasteiger partial charge in [-0.05, 0) is 48.5 Å². The molecule has 0 fully saturated rings. The third-order valence-electron chi connectivity index (χ3n) is 3.32. The van der Waals surface area contributed by atoms with Crippen LogP contribution in [-0.2, 0) is 14.8 Å². The van der Waals surface area contributed by atoms with Crippen molar-refractivity contribution in [1.82, 2.24) is 4.31 Å². The number of carbonyl (C=O) groups excluding carboxylic acids is 2. The first-order valence-electron chi connectivity index (χ1n) is 7.37. The number of rotatable bonds is 6. The summed E-state index contributed by atoms with van der Waals surface area (Å²) in [5.74, 6) is -1.12. The van der Waals surface area contributed by atoms with Gasteiger partial charge in [0.15, 0.2) is 0 Å². The summed E-state index contributed by atoms with van der Waals surface area (Å²) in [6.45, 7) is -0.430. The van der Waals surface area contributed by atoms with Crippen LogP contribution in [0.5, 0.6) is 0 Å². The predicted molar refractivity (Wildman–Crippen MR) is 94.5 cm³/mol. The molecule has 8 nitrogen and oxygen atoms in total. The van der Waals surface area contributed by atoms with Gasteiger partial charge in [-0.15, -0.1) is 0 Å². The van der Waals surface area contributed by atoms with Crippen LogP contribution in [0.25, 0.3) is 0 Å². The number of primary amides is 1. The Kier molecular flexibility index (Phi) is 5.90. The zero-order valence-electron chi connectivity index (χ0n) is 13.8. The Balaban J connectivity index is 2.00. The topological polar surface area (TPSA) is 122 Å². The van der Waals surface area contributed by atoms with Crippen LogP contribution < -0.4 is 16.4 Å². The molecular formula is C16H17FN4O4S. The fourth-order valence-corrected chi connectivity index (χ4v) is 3.18. The van der Waals surface area contributed by atoms with Gasteiger partial charge >= 0.3 is 6.03 Å². The highest BCUT2D eigenvalue weighted by Gasteiger charge is 2.23. The molecule has 0 aliphatic rings. The van der Waals surface area contributed by atoms with Crippen molar-refractivity contribution in [3.8, 4) is 0 Å². The zero-order chi connectivity index (χ0) is 19.3. The fraction of sp³-hybridized carbons (Fsp3) is 0.125. The van der Waals surface area contributed by atoms with E-state index in [0.29, 0.717) is 11.4 Å². The number of urea groups is 1. The van der Waals surface area contributed by atoms with E-state index in [2.05, 4.69) is 10.6 Å². The van der Waals surface area contributed by atoms with E-state index in [9.17, 15) is 22.4 Å². The highest BCUT2D eigenvalue weighted by Crippen LogP contribution is 2.16. The van der Waals surface area contributed by atoms with Crippen LogP contribution in [0.15, 0.2) is 53.4 Å². The Labute approximate surface area is 149 Å². The second-order valence-corrected chi connectivity index (χ2v) is 7.37. The molecule has 0 saturated carbocycles. The molecule has 0 aromatic heterocycles. The molecule has 138 valence electrons. The Hall–Kier alpha value is -2.98. The van der Waals surface area contributed by atoms with Gasteiger partial charge in [0, 0.05) is 18.4 Å². The van der Waals surface area contributed by atoms with Crippen molar-refractivity contribution in [1.29, 1.82) is 0 Å². The number of hydrogen-bond acceptors (Lipinski definition) is 4. The molecule has 0 saturated heterocycles. The lowest BCUT2D eigenvalue weighted by Gasteiger charge is -2.17. The SMILES string of the molecule is CN(CC(=O)Nc1ccc(NC(N)=O)cc1)S(=O)(=O)c1ccc(F)cc1. The van der Waals surface area contributed by atoms with Crippen LogP contribution in [0.4, 0.5) is 20.6 Å². The minimum absolute atomic E-state index is 0.115. The van der Waals surface area contributed by atoms with Gasteiger partial charge < -0.3 is 16.4 Å². The van der Waals surface area contributed by atoms with Crippen molar-refractivity contribution in [2.24, 2.45) is 5.73 Å². The van der Waals surface area contributed by atoms with Gasteiger partial charge in [0.2, 0.25) is 15.9 Å². The molecule has 0 aliphatic carbocycles. The van der Waals surface area contributed by atoms with Crippen LogP contribution in [-0.4, -0.2) is 38.3 Å². The predicted octanol–water partition coefficient (Wildman–Crippen LogP) is 1.58. The molecule has 4 N–H and O–H groups in total. The second kappa shape index (κ2) is 7.93.